The number of amides is 1. The fourth-order valence-electron chi connectivity index (χ4n) is 1.94. The number of phenolic OH excluding ortho intramolecular Hbond substituents is 1. The van der Waals surface area contributed by atoms with Crippen molar-refractivity contribution in [2.24, 2.45) is 0 Å². The van der Waals surface area contributed by atoms with Gasteiger partial charge in [0.2, 0.25) is 0 Å². The molecule has 1 aromatic carbocycles. The number of carbonyl (C=O) groups excluding carboxylic acids is 2. The van der Waals surface area contributed by atoms with Crippen LogP contribution in [0.4, 0.5) is 0 Å². The van der Waals surface area contributed by atoms with Crippen molar-refractivity contribution in [2.45, 2.75) is 12.5 Å². The number of esters is 1. The number of methoxy groups -OCH3 is 1. The van der Waals surface area contributed by atoms with E-state index in [0.29, 0.717) is 5.56 Å². The fraction of sp³-hybridized carbons (Fsp3) is 0.188. The van der Waals surface area contributed by atoms with Crippen LogP contribution in [-0.2, 0) is 16.0 Å². The molecule has 0 radical (unpaired) electrons. The van der Waals surface area contributed by atoms with Gasteiger partial charge in [-0.3, -0.25) is 9.78 Å². The van der Waals surface area contributed by atoms with Crippen LogP contribution in [0.1, 0.15) is 15.9 Å². The average molecular weight is 300 g/mol. The molecule has 1 aromatic heterocycles. The highest BCUT2D eigenvalue weighted by Gasteiger charge is 2.22. The van der Waals surface area contributed by atoms with E-state index in [0.717, 1.165) is 5.56 Å². The van der Waals surface area contributed by atoms with Crippen LogP contribution in [0.15, 0.2) is 48.8 Å². The summed E-state index contributed by atoms with van der Waals surface area (Å²) >= 11 is 0. The molecule has 1 heterocycles. The molecule has 6 nitrogen and oxygen atoms in total. The van der Waals surface area contributed by atoms with Gasteiger partial charge in [0.1, 0.15) is 11.8 Å². The van der Waals surface area contributed by atoms with Gasteiger partial charge >= 0.3 is 5.97 Å². The summed E-state index contributed by atoms with van der Waals surface area (Å²) in [6.45, 7) is 0. The van der Waals surface area contributed by atoms with Gasteiger partial charge in [-0.05, 0) is 29.8 Å². The molecule has 1 unspecified atom stereocenters. The van der Waals surface area contributed by atoms with Crippen LogP contribution < -0.4 is 5.32 Å². The largest absolute Gasteiger partial charge is 0.508 e. The predicted octanol–water partition coefficient (Wildman–Crippen LogP) is 1.30. The number of carbonyl (C=O) groups is 2. The zero-order chi connectivity index (χ0) is 15.9. The zero-order valence-electron chi connectivity index (χ0n) is 12.0. The minimum absolute atomic E-state index is 0.137. The third kappa shape index (κ3) is 4.05. The molecule has 0 saturated carbocycles. The van der Waals surface area contributed by atoms with E-state index in [1.807, 2.05) is 0 Å². The molecular formula is C16H16N2O4. The maximum atomic E-state index is 12.1. The van der Waals surface area contributed by atoms with Gasteiger partial charge in [0.25, 0.3) is 5.91 Å². The molecule has 0 saturated heterocycles. The van der Waals surface area contributed by atoms with Gasteiger partial charge in [-0.1, -0.05) is 12.1 Å². The van der Waals surface area contributed by atoms with Crippen molar-refractivity contribution in [2.75, 3.05) is 7.11 Å². The zero-order valence-corrected chi connectivity index (χ0v) is 12.0. The van der Waals surface area contributed by atoms with Crippen LogP contribution in [-0.4, -0.2) is 35.1 Å². The van der Waals surface area contributed by atoms with Crippen molar-refractivity contribution < 1.29 is 19.4 Å². The number of nitrogens with zero attached hydrogens (tertiary/aromatic N) is 1. The molecule has 114 valence electrons. The van der Waals surface area contributed by atoms with E-state index in [4.69, 9.17) is 4.74 Å². The standard InChI is InChI=1S/C16H16N2O4/c1-22-16(21)14(9-11-4-6-13(19)7-5-11)18-15(20)12-3-2-8-17-10-12/h2-8,10,14,19H,9H2,1H3,(H,18,20). The Kier molecular flexibility index (Phi) is 5.08. The number of aromatic hydroxyl groups is 1. The smallest absolute Gasteiger partial charge is 0.328 e. The number of hydrogen-bond acceptors (Lipinski definition) is 5. The molecule has 0 aliphatic rings. The molecule has 0 bridgehead atoms. The number of hydrogen-bond donors (Lipinski definition) is 2. The first-order valence-corrected chi connectivity index (χ1v) is 6.67. The Hall–Kier alpha value is -2.89. The molecule has 0 aliphatic heterocycles. The SMILES string of the molecule is COC(=O)C(Cc1ccc(O)cc1)NC(=O)c1cccnc1. The van der Waals surface area contributed by atoms with E-state index < -0.39 is 17.9 Å². The van der Waals surface area contributed by atoms with Crippen LogP contribution in [0.5, 0.6) is 5.75 Å². The van der Waals surface area contributed by atoms with E-state index in [1.54, 1.807) is 30.5 Å². The first-order valence-electron chi connectivity index (χ1n) is 6.67. The van der Waals surface area contributed by atoms with Crippen molar-refractivity contribution in [3.05, 3.63) is 59.9 Å². The topological polar surface area (TPSA) is 88.5 Å². The third-order valence-electron chi connectivity index (χ3n) is 3.09. The molecule has 0 fully saturated rings. The maximum Gasteiger partial charge on any atom is 0.328 e. The van der Waals surface area contributed by atoms with E-state index >= 15 is 0 Å². The second kappa shape index (κ2) is 7.21. The predicted molar refractivity (Wildman–Crippen MR) is 79.3 cm³/mol. The van der Waals surface area contributed by atoms with E-state index in [9.17, 15) is 14.7 Å². The minimum atomic E-state index is -0.817. The second-order valence-electron chi connectivity index (χ2n) is 4.66. The van der Waals surface area contributed by atoms with Crippen LogP contribution in [0, 0.1) is 0 Å². The summed E-state index contributed by atoms with van der Waals surface area (Å²) in [6, 6.07) is 8.84. The highest BCUT2D eigenvalue weighted by molar-refractivity contribution is 5.96. The third-order valence-corrected chi connectivity index (χ3v) is 3.09. The van der Waals surface area contributed by atoms with E-state index in [1.165, 1.54) is 25.4 Å². The van der Waals surface area contributed by atoms with Crippen LogP contribution in [0.3, 0.4) is 0 Å². The van der Waals surface area contributed by atoms with Gasteiger partial charge in [0.05, 0.1) is 12.7 Å². The van der Waals surface area contributed by atoms with Crippen molar-refractivity contribution in [3.63, 3.8) is 0 Å². The highest BCUT2D eigenvalue weighted by Crippen LogP contribution is 2.12. The van der Waals surface area contributed by atoms with Gasteiger partial charge in [-0.15, -0.1) is 0 Å². The Morgan fingerprint density at radius 1 is 1.27 bits per heavy atom. The van der Waals surface area contributed by atoms with Gasteiger partial charge in [-0.25, -0.2) is 4.79 Å². The number of rotatable bonds is 5. The molecule has 1 atom stereocenters. The quantitative estimate of drug-likeness (QED) is 0.813. The van der Waals surface area contributed by atoms with Crippen molar-refractivity contribution >= 4 is 11.9 Å². The normalized spacial score (nSPS) is 11.5. The summed E-state index contributed by atoms with van der Waals surface area (Å²) in [5, 5.41) is 11.9. The Morgan fingerprint density at radius 2 is 2.00 bits per heavy atom. The van der Waals surface area contributed by atoms with Gasteiger partial charge < -0.3 is 15.2 Å². The summed E-state index contributed by atoms with van der Waals surface area (Å²) in [5.41, 5.74) is 1.15. The van der Waals surface area contributed by atoms with Crippen molar-refractivity contribution in [1.82, 2.24) is 10.3 Å². The first-order chi connectivity index (χ1) is 10.6. The van der Waals surface area contributed by atoms with Crippen LogP contribution in [0.25, 0.3) is 0 Å². The first kappa shape index (κ1) is 15.5. The molecule has 2 rings (SSSR count). The number of pyridine rings is 1. The molecule has 1 amide bonds. The van der Waals surface area contributed by atoms with Gasteiger partial charge in [-0.2, -0.15) is 0 Å². The van der Waals surface area contributed by atoms with E-state index in [-0.39, 0.29) is 12.2 Å². The highest BCUT2D eigenvalue weighted by atomic mass is 16.5. The van der Waals surface area contributed by atoms with Crippen LogP contribution >= 0.6 is 0 Å². The fourth-order valence-corrected chi connectivity index (χ4v) is 1.94. The molecule has 2 aromatic rings. The maximum absolute atomic E-state index is 12.1. The molecule has 0 spiro atoms. The molecule has 0 aliphatic carbocycles. The Morgan fingerprint density at radius 3 is 2.59 bits per heavy atom. The van der Waals surface area contributed by atoms with Gasteiger partial charge in [0.15, 0.2) is 0 Å². The molecule has 6 heteroatoms. The number of benzene rings is 1. The summed E-state index contributed by atoms with van der Waals surface area (Å²) in [7, 11) is 1.27. The number of aromatic nitrogens is 1. The summed E-state index contributed by atoms with van der Waals surface area (Å²) in [5.74, 6) is -0.801. The average Bonchev–Trinajstić information content (AvgIpc) is 2.56. The number of ether oxygens (including phenoxy) is 1. The lowest BCUT2D eigenvalue weighted by molar-refractivity contribution is -0.142. The number of phenols is 1. The van der Waals surface area contributed by atoms with Crippen molar-refractivity contribution in [1.29, 1.82) is 0 Å². The Balaban J connectivity index is 2.11. The second-order valence-corrected chi connectivity index (χ2v) is 4.66. The summed E-state index contributed by atoms with van der Waals surface area (Å²) < 4.78 is 4.73. The lowest BCUT2D eigenvalue weighted by atomic mass is 10.1. The number of nitrogens with one attached hydrogen (secondary N) is 1. The van der Waals surface area contributed by atoms with Crippen molar-refractivity contribution in [3.8, 4) is 5.75 Å². The summed E-state index contributed by atoms with van der Waals surface area (Å²) in [4.78, 5) is 27.8. The Labute approximate surface area is 127 Å². The Bertz CT molecular complexity index is 641. The molecule has 22 heavy (non-hydrogen) atoms. The molecular weight excluding hydrogens is 284 g/mol. The summed E-state index contributed by atoms with van der Waals surface area (Å²) in [6.07, 6.45) is 3.24. The van der Waals surface area contributed by atoms with Crippen LogP contribution in [0.2, 0.25) is 0 Å². The lowest BCUT2D eigenvalue weighted by Crippen LogP contribution is -2.43. The monoisotopic (exact) mass is 300 g/mol. The minimum Gasteiger partial charge on any atom is -0.508 e. The molecule has 2 N–H and O–H groups in total. The lowest BCUT2D eigenvalue weighted by Gasteiger charge is -2.16. The van der Waals surface area contributed by atoms with E-state index in [2.05, 4.69) is 10.3 Å². The van der Waals surface area contributed by atoms with Gasteiger partial charge in [0, 0.05) is 18.8 Å².